The van der Waals surface area contributed by atoms with E-state index in [2.05, 4.69) is 29.0 Å². The highest BCUT2D eigenvalue weighted by Gasteiger charge is 2.14. The standard InChI is InChI=1S/C23H26N4O2S/c1-4-14-27-21(15-29-20-12-6-17(3)7-13-20)25-26-23(27)30-16-22(28)24-19-10-8-18(5-2)9-11-19/h4,6-13H,1,5,14-16H2,2-3H3,(H,24,28). The summed E-state index contributed by atoms with van der Waals surface area (Å²) < 4.78 is 7.74. The van der Waals surface area contributed by atoms with Crippen LogP contribution in [0.4, 0.5) is 5.69 Å². The zero-order chi connectivity index (χ0) is 21.3. The highest BCUT2D eigenvalue weighted by atomic mass is 32.2. The van der Waals surface area contributed by atoms with Crippen molar-refractivity contribution in [1.82, 2.24) is 14.8 Å². The average Bonchev–Trinajstić information content (AvgIpc) is 3.14. The molecule has 0 spiro atoms. The minimum Gasteiger partial charge on any atom is -0.486 e. The minimum atomic E-state index is -0.0881. The number of aromatic nitrogens is 3. The van der Waals surface area contributed by atoms with Crippen molar-refractivity contribution in [2.24, 2.45) is 0 Å². The van der Waals surface area contributed by atoms with Gasteiger partial charge in [-0.15, -0.1) is 16.8 Å². The van der Waals surface area contributed by atoms with E-state index in [1.807, 2.05) is 60.0 Å². The number of ether oxygens (including phenoxy) is 1. The van der Waals surface area contributed by atoms with Crippen molar-refractivity contribution in [3.05, 3.63) is 78.1 Å². The normalized spacial score (nSPS) is 10.6. The van der Waals surface area contributed by atoms with Crippen LogP contribution in [0.5, 0.6) is 5.75 Å². The molecule has 0 radical (unpaired) electrons. The Bertz CT molecular complexity index is 981. The van der Waals surface area contributed by atoms with Crippen molar-refractivity contribution in [3.63, 3.8) is 0 Å². The summed E-state index contributed by atoms with van der Waals surface area (Å²) in [6.07, 6.45) is 2.75. The van der Waals surface area contributed by atoms with Crippen LogP contribution >= 0.6 is 11.8 Å². The van der Waals surface area contributed by atoms with Gasteiger partial charge in [0.2, 0.25) is 5.91 Å². The Labute approximate surface area is 181 Å². The predicted octanol–water partition coefficient (Wildman–Crippen LogP) is 4.64. The number of hydrogen-bond acceptors (Lipinski definition) is 5. The van der Waals surface area contributed by atoms with E-state index in [9.17, 15) is 4.79 Å². The van der Waals surface area contributed by atoms with Crippen LogP contribution in [-0.2, 0) is 24.4 Å². The summed E-state index contributed by atoms with van der Waals surface area (Å²) in [5.41, 5.74) is 3.20. The molecular weight excluding hydrogens is 396 g/mol. The van der Waals surface area contributed by atoms with Gasteiger partial charge in [0.05, 0.1) is 5.75 Å². The summed E-state index contributed by atoms with van der Waals surface area (Å²) in [7, 11) is 0. The molecule has 6 nitrogen and oxygen atoms in total. The third-order valence-corrected chi connectivity index (χ3v) is 5.44. The molecule has 0 saturated heterocycles. The fraction of sp³-hybridized carbons (Fsp3) is 0.261. The highest BCUT2D eigenvalue weighted by molar-refractivity contribution is 7.99. The summed E-state index contributed by atoms with van der Waals surface area (Å²) in [6, 6.07) is 15.7. The Hall–Kier alpha value is -3.06. The van der Waals surface area contributed by atoms with Crippen molar-refractivity contribution in [2.75, 3.05) is 11.1 Å². The number of nitrogens with one attached hydrogen (secondary N) is 1. The van der Waals surface area contributed by atoms with Crippen molar-refractivity contribution >= 4 is 23.4 Å². The van der Waals surface area contributed by atoms with Crippen molar-refractivity contribution in [3.8, 4) is 5.75 Å². The van der Waals surface area contributed by atoms with Crippen LogP contribution in [0.3, 0.4) is 0 Å². The summed E-state index contributed by atoms with van der Waals surface area (Å²) in [6.45, 7) is 8.77. The molecule has 0 aliphatic rings. The molecule has 0 unspecified atom stereocenters. The fourth-order valence-corrected chi connectivity index (χ4v) is 3.54. The Kier molecular flexibility index (Phi) is 7.68. The molecule has 0 atom stereocenters. The quantitative estimate of drug-likeness (QED) is 0.381. The van der Waals surface area contributed by atoms with Gasteiger partial charge >= 0.3 is 0 Å². The summed E-state index contributed by atoms with van der Waals surface area (Å²) in [5.74, 6) is 1.61. The number of nitrogens with zero attached hydrogens (tertiary/aromatic N) is 3. The lowest BCUT2D eigenvalue weighted by atomic mass is 10.1. The van der Waals surface area contributed by atoms with Crippen LogP contribution in [0.1, 0.15) is 23.9 Å². The predicted molar refractivity (Wildman–Crippen MR) is 121 cm³/mol. The maximum atomic E-state index is 12.3. The monoisotopic (exact) mass is 422 g/mol. The molecule has 1 aromatic heterocycles. The number of allylic oxidation sites excluding steroid dienone is 1. The first-order valence-electron chi connectivity index (χ1n) is 9.83. The second-order valence-corrected chi connectivity index (χ2v) is 7.73. The van der Waals surface area contributed by atoms with Crippen LogP contribution in [0.25, 0.3) is 0 Å². The van der Waals surface area contributed by atoms with Gasteiger partial charge < -0.3 is 10.1 Å². The number of amides is 1. The molecule has 156 valence electrons. The van der Waals surface area contributed by atoms with Gasteiger partial charge in [-0.25, -0.2) is 0 Å². The third-order valence-electron chi connectivity index (χ3n) is 4.47. The summed E-state index contributed by atoms with van der Waals surface area (Å²) in [4.78, 5) is 12.3. The van der Waals surface area contributed by atoms with Gasteiger partial charge in [0.1, 0.15) is 12.4 Å². The maximum absolute atomic E-state index is 12.3. The van der Waals surface area contributed by atoms with Crippen molar-refractivity contribution in [1.29, 1.82) is 0 Å². The number of aryl methyl sites for hydroxylation is 2. The topological polar surface area (TPSA) is 69.0 Å². The van der Waals surface area contributed by atoms with Gasteiger partial charge in [0, 0.05) is 12.2 Å². The second-order valence-electron chi connectivity index (χ2n) is 6.79. The Morgan fingerprint density at radius 3 is 2.57 bits per heavy atom. The van der Waals surface area contributed by atoms with Gasteiger partial charge in [-0.2, -0.15) is 0 Å². The Balaban J connectivity index is 1.58. The number of carbonyl (C=O) groups excluding carboxylic acids is 1. The first-order chi connectivity index (χ1) is 14.6. The molecule has 0 bridgehead atoms. The van der Waals surface area contributed by atoms with Crippen LogP contribution in [-0.4, -0.2) is 26.4 Å². The van der Waals surface area contributed by atoms with Crippen molar-refractivity contribution in [2.45, 2.75) is 38.6 Å². The molecule has 1 N–H and O–H groups in total. The first-order valence-corrected chi connectivity index (χ1v) is 10.8. The molecule has 30 heavy (non-hydrogen) atoms. The van der Waals surface area contributed by atoms with Crippen LogP contribution in [0.2, 0.25) is 0 Å². The maximum Gasteiger partial charge on any atom is 0.234 e. The summed E-state index contributed by atoms with van der Waals surface area (Å²) >= 11 is 1.34. The molecular formula is C23H26N4O2S. The lowest BCUT2D eigenvalue weighted by Crippen LogP contribution is -2.15. The van der Waals surface area contributed by atoms with Crippen LogP contribution in [0, 0.1) is 6.92 Å². The molecule has 0 aliphatic carbocycles. The molecule has 0 aliphatic heterocycles. The Morgan fingerprint density at radius 1 is 1.17 bits per heavy atom. The number of anilines is 1. The smallest absolute Gasteiger partial charge is 0.234 e. The van der Waals surface area contributed by atoms with E-state index in [4.69, 9.17) is 4.74 Å². The lowest BCUT2D eigenvalue weighted by molar-refractivity contribution is -0.113. The second kappa shape index (κ2) is 10.6. The number of benzene rings is 2. The fourth-order valence-electron chi connectivity index (χ4n) is 2.78. The van der Waals surface area contributed by atoms with Crippen LogP contribution in [0.15, 0.2) is 66.3 Å². The van der Waals surface area contributed by atoms with E-state index >= 15 is 0 Å². The highest BCUT2D eigenvalue weighted by Crippen LogP contribution is 2.20. The molecule has 2 aromatic carbocycles. The van der Waals surface area contributed by atoms with Crippen LogP contribution < -0.4 is 10.1 Å². The van der Waals surface area contributed by atoms with Gasteiger partial charge in [0.15, 0.2) is 11.0 Å². The molecule has 1 amide bonds. The van der Waals surface area contributed by atoms with E-state index in [0.29, 0.717) is 24.1 Å². The minimum absolute atomic E-state index is 0.0881. The zero-order valence-electron chi connectivity index (χ0n) is 17.3. The molecule has 3 aromatic rings. The molecule has 1 heterocycles. The van der Waals surface area contributed by atoms with Crippen molar-refractivity contribution < 1.29 is 9.53 Å². The van der Waals surface area contributed by atoms with E-state index in [1.165, 1.54) is 22.9 Å². The first kappa shape index (κ1) is 21.6. The molecule has 0 fully saturated rings. The Morgan fingerprint density at radius 2 is 1.90 bits per heavy atom. The molecule has 3 rings (SSSR count). The van der Waals surface area contributed by atoms with E-state index in [1.54, 1.807) is 6.08 Å². The van der Waals surface area contributed by atoms with Gasteiger partial charge in [-0.3, -0.25) is 9.36 Å². The zero-order valence-corrected chi connectivity index (χ0v) is 18.1. The lowest BCUT2D eigenvalue weighted by Gasteiger charge is -2.09. The van der Waals surface area contributed by atoms with E-state index in [0.717, 1.165) is 17.9 Å². The number of carbonyl (C=O) groups is 1. The number of thioether (sulfide) groups is 1. The number of hydrogen-bond donors (Lipinski definition) is 1. The molecule has 7 heteroatoms. The number of rotatable bonds is 10. The molecule has 0 saturated carbocycles. The van der Waals surface area contributed by atoms with Gasteiger partial charge in [0.25, 0.3) is 0 Å². The average molecular weight is 423 g/mol. The third kappa shape index (κ3) is 5.97. The van der Waals surface area contributed by atoms with E-state index in [-0.39, 0.29) is 11.7 Å². The van der Waals surface area contributed by atoms with Gasteiger partial charge in [-0.05, 0) is 43.2 Å². The largest absolute Gasteiger partial charge is 0.486 e. The van der Waals surface area contributed by atoms with E-state index < -0.39 is 0 Å². The summed E-state index contributed by atoms with van der Waals surface area (Å²) in [5, 5.41) is 12.0. The SMILES string of the molecule is C=CCn1c(COc2ccc(C)cc2)nnc1SCC(=O)Nc1ccc(CC)cc1. The van der Waals surface area contributed by atoms with Gasteiger partial charge in [-0.1, -0.05) is 54.6 Å².